The van der Waals surface area contributed by atoms with Crippen LogP contribution in [0.5, 0.6) is 0 Å². The fourth-order valence-corrected chi connectivity index (χ4v) is 2.20. The minimum Gasteiger partial charge on any atom is -0.444 e. The molecule has 0 spiro atoms. The van der Waals surface area contributed by atoms with Gasteiger partial charge >= 0.3 is 6.09 Å². The van der Waals surface area contributed by atoms with Crippen molar-refractivity contribution in [1.29, 1.82) is 0 Å². The Morgan fingerprint density at radius 3 is 2.39 bits per heavy atom. The summed E-state index contributed by atoms with van der Waals surface area (Å²) in [6.07, 6.45) is 6.37. The number of ether oxygens (including phenoxy) is 1. The first-order valence-electron chi connectivity index (χ1n) is 7.08. The van der Waals surface area contributed by atoms with Crippen molar-refractivity contribution >= 4 is 6.09 Å². The summed E-state index contributed by atoms with van der Waals surface area (Å²) in [6.45, 7) is 6.48. The molecule has 1 amide bonds. The Labute approximate surface area is 110 Å². The van der Waals surface area contributed by atoms with Crippen LogP contribution in [-0.4, -0.2) is 34.7 Å². The molecule has 0 heterocycles. The summed E-state index contributed by atoms with van der Waals surface area (Å²) in [5.41, 5.74) is 5.69. The van der Waals surface area contributed by atoms with Crippen molar-refractivity contribution in [3.63, 3.8) is 0 Å². The minimum atomic E-state index is -0.418. The Morgan fingerprint density at radius 1 is 1.39 bits per heavy atom. The summed E-state index contributed by atoms with van der Waals surface area (Å²) in [6, 6.07) is 0.377. The van der Waals surface area contributed by atoms with Crippen LogP contribution in [0.3, 0.4) is 0 Å². The predicted octanol–water partition coefficient (Wildman–Crippen LogP) is 2.66. The molecule has 0 aromatic heterocycles. The van der Waals surface area contributed by atoms with Crippen molar-refractivity contribution < 1.29 is 9.53 Å². The highest BCUT2D eigenvalue weighted by molar-refractivity contribution is 5.68. The Hall–Kier alpha value is -0.770. The van der Waals surface area contributed by atoms with E-state index < -0.39 is 5.60 Å². The fraction of sp³-hybridized carbons (Fsp3) is 0.929. The lowest BCUT2D eigenvalue weighted by molar-refractivity contribution is 0.00625. The summed E-state index contributed by atoms with van der Waals surface area (Å²) >= 11 is 0. The maximum atomic E-state index is 12.2. The highest BCUT2D eigenvalue weighted by Gasteiger charge is 2.40. The first-order valence-corrected chi connectivity index (χ1v) is 7.08. The molecule has 2 rings (SSSR count). The quantitative estimate of drug-likeness (QED) is 0.839. The van der Waals surface area contributed by atoms with Gasteiger partial charge in [0.2, 0.25) is 0 Å². The molecule has 0 bridgehead atoms. The molecule has 0 atom stereocenters. The summed E-state index contributed by atoms with van der Waals surface area (Å²) in [4.78, 5) is 14.1. The van der Waals surface area contributed by atoms with E-state index in [1.165, 1.54) is 6.42 Å². The highest BCUT2D eigenvalue weighted by Crippen LogP contribution is 2.36. The molecule has 0 saturated heterocycles. The molecular formula is C14H26N2O2. The van der Waals surface area contributed by atoms with Crippen molar-refractivity contribution in [1.82, 2.24) is 4.90 Å². The first kappa shape index (κ1) is 13.7. The zero-order chi connectivity index (χ0) is 13.4. The molecule has 2 aliphatic rings. The number of amides is 1. The minimum absolute atomic E-state index is 0.00398. The highest BCUT2D eigenvalue weighted by atomic mass is 16.6. The first-order chi connectivity index (χ1) is 8.29. The van der Waals surface area contributed by atoms with E-state index in [-0.39, 0.29) is 11.6 Å². The third-order valence-corrected chi connectivity index (χ3v) is 3.89. The van der Waals surface area contributed by atoms with Gasteiger partial charge in [-0.05, 0) is 59.3 Å². The normalized spacial score (nSPS) is 22.2. The Bertz CT molecular complexity index is 314. The van der Waals surface area contributed by atoms with Crippen molar-refractivity contribution in [2.75, 3.05) is 6.54 Å². The van der Waals surface area contributed by atoms with E-state index in [0.29, 0.717) is 6.04 Å². The van der Waals surface area contributed by atoms with Gasteiger partial charge in [-0.15, -0.1) is 0 Å². The number of nitrogens with two attached hydrogens (primary N) is 1. The molecule has 0 aromatic rings. The second kappa shape index (κ2) is 4.72. The van der Waals surface area contributed by atoms with Gasteiger partial charge in [-0.25, -0.2) is 4.79 Å². The van der Waals surface area contributed by atoms with Crippen LogP contribution >= 0.6 is 0 Å². The van der Waals surface area contributed by atoms with E-state index in [1.54, 1.807) is 0 Å². The van der Waals surface area contributed by atoms with E-state index in [9.17, 15) is 4.79 Å². The van der Waals surface area contributed by atoms with Crippen molar-refractivity contribution in [3.8, 4) is 0 Å². The lowest BCUT2D eigenvalue weighted by atomic mass is 9.91. The number of hydrogen-bond acceptors (Lipinski definition) is 3. The molecule has 2 saturated carbocycles. The van der Waals surface area contributed by atoms with Crippen LogP contribution in [-0.2, 0) is 4.74 Å². The van der Waals surface area contributed by atoms with Gasteiger partial charge in [0.05, 0.1) is 0 Å². The lowest BCUT2D eigenvalue weighted by Gasteiger charge is -2.38. The molecule has 0 radical (unpaired) electrons. The summed E-state index contributed by atoms with van der Waals surface area (Å²) in [7, 11) is 0. The fourth-order valence-electron chi connectivity index (χ4n) is 2.20. The van der Waals surface area contributed by atoms with Crippen molar-refractivity contribution in [3.05, 3.63) is 0 Å². The average molecular weight is 254 g/mol. The SMILES string of the molecule is CC(C)(C)OC(=O)N(CCC1(N)CC1)C1CCC1. The van der Waals surface area contributed by atoms with Gasteiger partial charge in [0.1, 0.15) is 5.60 Å². The van der Waals surface area contributed by atoms with Gasteiger partial charge in [0, 0.05) is 18.1 Å². The second-order valence-electron chi connectivity index (χ2n) is 6.87. The monoisotopic (exact) mass is 254 g/mol. The third-order valence-electron chi connectivity index (χ3n) is 3.89. The van der Waals surface area contributed by atoms with Crippen molar-refractivity contribution in [2.24, 2.45) is 5.73 Å². The Morgan fingerprint density at radius 2 is 2.00 bits per heavy atom. The number of hydrogen-bond donors (Lipinski definition) is 1. The van der Waals surface area contributed by atoms with Crippen molar-refractivity contribution in [2.45, 2.75) is 76.5 Å². The predicted molar refractivity (Wildman–Crippen MR) is 71.3 cm³/mol. The molecule has 0 aliphatic heterocycles. The number of nitrogens with zero attached hydrogens (tertiary/aromatic N) is 1. The third kappa shape index (κ3) is 3.61. The Kier molecular flexibility index (Phi) is 3.58. The average Bonchev–Trinajstić information content (AvgIpc) is 2.85. The van der Waals surface area contributed by atoms with Gasteiger partial charge in [0.15, 0.2) is 0 Å². The molecule has 2 N–H and O–H groups in total. The molecule has 2 fully saturated rings. The standard InChI is InChI=1S/C14H26N2O2/c1-13(2,3)18-12(17)16(11-5-4-6-11)10-9-14(15)7-8-14/h11H,4-10,15H2,1-3H3. The van der Waals surface area contributed by atoms with Crippen LogP contribution in [0.2, 0.25) is 0 Å². The van der Waals surface area contributed by atoms with E-state index in [2.05, 4.69) is 0 Å². The van der Waals surface area contributed by atoms with Gasteiger partial charge in [-0.3, -0.25) is 0 Å². The summed E-state index contributed by atoms with van der Waals surface area (Å²) in [5.74, 6) is 0. The van der Waals surface area contributed by atoms with Gasteiger partial charge in [-0.1, -0.05) is 0 Å². The van der Waals surface area contributed by atoms with Crippen LogP contribution in [0.4, 0.5) is 4.79 Å². The summed E-state index contributed by atoms with van der Waals surface area (Å²) < 4.78 is 5.49. The number of rotatable bonds is 4. The zero-order valence-corrected chi connectivity index (χ0v) is 11.9. The second-order valence-corrected chi connectivity index (χ2v) is 6.87. The molecule has 4 heteroatoms. The molecular weight excluding hydrogens is 228 g/mol. The largest absolute Gasteiger partial charge is 0.444 e. The van der Waals surface area contributed by atoms with E-state index in [1.807, 2.05) is 25.7 Å². The Balaban J connectivity index is 1.89. The number of carbonyl (C=O) groups is 1. The van der Waals surface area contributed by atoms with Crippen LogP contribution in [0.1, 0.15) is 59.3 Å². The molecule has 104 valence electrons. The van der Waals surface area contributed by atoms with Crippen LogP contribution < -0.4 is 5.73 Å². The molecule has 0 unspecified atom stereocenters. The van der Waals surface area contributed by atoms with Crippen LogP contribution in [0.25, 0.3) is 0 Å². The molecule has 4 nitrogen and oxygen atoms in total. The van der Waals surface area contributed by atoms with Gasteiger partial charge < -0.3 is 15.4 Å². The van der Waals surface area contributed by atoms with E-state index in [4.69, 9.17) is 10.5 Å². The van der Waals surface area contributed by atoms with E-state index >= 15 is 0 Å². The van der Waals surface area contributed by atoms with Crippen LogP contribution in [0, 0.1) is 0 Å². The maximum absolute atomic E-state index is 12.2. The molecule has 2 aliphatic carbocycles. The van der Waals surface area contributed by atoms with Gasteiger partial charge in [0.25, 0.3) is 0 Å². The maximum Gasteiger partial charge on any atom is 0.410 e. The summed E-state index contributed by atoms with van der Waals surface area (Å²) in [5, 5.41) is 0. The molecule has 18 heavy (non-hydrogen) atoms. The smallest absolute Gasteiger partial charge is 0.410 e. The topological polar surface area (TPSA) is 55.6 Å². The van der Waals surface area contributed by atoms with E-state index in [0.717, 1.165) is 38.6 Å². The molecule has 0 aromatic carbocycles. The number of carbonyl (C=O) groups excluding carboxylic acids is 1. The van der Waals surface area contributed by atoms with Crippen LogP contribution in [0.15, 0.2) is 0 Å². The van der Waals surface area contributed by atoms with Gasteiger partial charge in [-0.2, -0.15) is 0 Å². The zero-order valence-electron chi connectivity index (χ0n) is 11.9. The lowest BCUT2D eigenvalue weighted by Crippen LogP contribution is -2.48.